The van der Waals surface area contributed by atoms with E-state index in [1.165, 1.54) is 0 Å². The third-order valence-corrected chi connectivity index (χ3v) is 3.21. The van der Waals surface area contributed by atoms with Gasteiger partial charge in [-0.3, -0.25) is 4.79 Å². The van der Waals surface area contributed by atoms with Crippen LogP contribution in [0.5, 0.6) is 0 Å². The first-order valence-corrected chi connectivity index (χ1v) is 5.95. The number of benzene rings is 1. The van der Waals surface area contributed by atoms with E-state index in [2.05, 4.69) is 5.32 Å². The number of nitrogens with one attached hydrogen (secondary N) is 1. The van der Waals surface area contributed by atoms with Crippen molar-refractivity contribution in [3.05, 3.63) is 34.9 Å². The highest BCUT2D eigenvalue weighted by molar-refractivity contribution is 5.97. The third kappa shape index (κ3) is 3.30. The zero-order chi connectivity index (χ0) is 13.0. The van der Waals surface area contributed by atoms with E-state index in [1.807, 2.05) is 45.9 Å². The molecule has 0 aliphatic rings. The van der Waals surface area contributed by atoms with Gasteiger partial charge in [0.15, 0.2) is 0 Å². The van der Waals surface area contributed by atoms with Crippen molar-refractivity contribution in [3.8, 4) is 0 Å². The zero-order valence-corrected chi connectivity index (χ0v) is 10.9. The molecule has 0 aliphatic carbocycles. The minimum absolute atomic E-state index is 0.0356. The van der Waals surface area contributed by atoms with Crippen LogP contribution in [0.25, 0.3) is 0 Å². The van der Waals surface area contributed by atoms with E-state index >= 15 is 0 Å². The fraction of sp³-hybridized carbons (Fsp3) is 0.500. The van der Waals surface area contributed by atoms with Gasteiger partial charge in [0.2, 0.25) is 0 Å². The van der Waals surface area contributed by atoms with Gasteiger partial charge < -0.3 is 10.4 Å². The lowest BCUT2D eigenvalue weighted by Crippen LogP contribution is -2.38. The molecule has 1 aromatic carbocycles. The van der Waals surface area contributed by atoms with Crippen molar-refractivity contribution in [2.75, 3.05) is 6.61 Å². The van der Waals surface area contributed by atoms with Crippen LogP contribution in [0.15, 0.2) is 18.2 Å². The summed E-state index contributed by atoms with van der Waals surface area (Å²) in [5.74, 6) is -0.00308. The fourth-order valence-corrected chi connectivity index (χ4v) is 1.75. The van der Waals surface area contributed by atoms with Crippen LogP contribution in [0, 0.1) is 19.8 Å². The topological polar surface area (TPSA) is 49.3 Å². The second-order valence-corrected chi connectivity index (χ2v) is 4.69. The largest absolute Gasteiger partial charge is 0.396 e. The quantitative estimate of drug-likeness (QED) is 0.839. The third-order valence-electron chi connectivity index (χ3n) is 3.21. The lowest BCUT2D eigenvalue weighted by atomic mass is 10.0. The van der Waals surface area contributed by atoms with Crippen molar-refractivity contribution in [1.82, 2.24) is 5.32 Å². The maximum absolute atomic E-state index is 12.1. The Morgan fingerprint density at radius 1 is 1.29 bits per heavy atom. The van der Waals surface area contributed by atoms with Crippen LogP contribution in [0.4, 0.5) is 0 Å². The first-order valence-electron chi connectivity index (χ1n) is 5.95. The Hall–Kier alpha value is -1.35. The standard InChI is InChI=1S/C14H21NO2/c1-9-6-5-7-10(2)13(9)14(17)15-12(4)11(3)8-16/h5-7,11-12,16H,8H2,1-4H3,(H,15,17)/t11-,12+/m0/s1. The summed E-state index contributed by atoms with van der Waals surface area (Å²) >= 11 is 0. The molecule has 1 aromatic rings. The Kier molecular flexibility index (Phi) is 4.70. The Balaban J connectivity index is 2.84. The molecule has 1 amide bonds. The molecule has 0 fully saturated rings. The Bertz CT molecular complexity index is 381. The van der Waals surface area contributed by atoms with E-state index < -0.39 is 0 Å². The van der Waals surface area contributed by atoms with E-state index in [1.54, 1.807) is 0 Å². The molecule has 0 spiro atoms. The molecule has 0 aliphatic heterocycles. The Labute approximate surface area is 103 Å². The first kappa shape index (κ1) is 13.7. The van der Waals surface area contributed by atoms with Crippen LogP contribution in [-0.4, -0.2) is 23.7 Å². The molecule has 0 saturated carbocycles. The summed E-state index contributed by atoms with van der Waals surface area (Å²) in [6.07, 6.45) is 0. The van der Waals surface area contributed by atoms with Crippen molar-refractivity contribution in [2.45, 2.75) is 33.7 Å². The maximum Gasteiger partial charge on any atom is 0.252 e. The average molecular weight is 235 g/mol. The van der Waals surface area contributed by atoms with Gasteiger partial charge in [-0.25, -0.2) is 0 Å². The highest BCUT2D eigenvalue weighted by atomic mass is 16.3. The molecule has 3 nitrogen and oxygen atoms in total. The minimum atomic E-state index is -0.0617. The van der Waals surface area contributed by atoms with Gasteiger partial charge >= 0.3 is 0 Å². The summed E-state index contributed by atoms with van der Waals surface area (Å²) in [5.41, 5.74) is 2.70. The molecule has 0 aromatic heterocycles. The lowest BCUT2D eigenvalue weighted by Gasteiger charge is -2.20. The molecule has 0 unspecified atom stereocenters. The van der Waals surface area contributed by atoms with E-state index in [-0.39, 0.29) is 24.5 Å². The van der Waals surface area contributed by atoms with Crippen molar-refractivity contribution in [2.24, 2.45) is 5.92 Å². The van der Waals surface area contributed by atoms with Gasteiger partial charge in [-0.05, 0) is 37.8 Å². The summed E-state index contributed by atoms with van der Waals surface area (Å²) in [6.45, 7) is 7.76. The Morgan fingerprint density at radius 2 is 1.82 bits per heavy atom. The molecule has 3 heteroatoms. The number of carbonyl (C=O) groups excluding carboxylic acids is 1. The number of aliphatic hydroxyl groups excluding tert-OH is 1. The second kappa shape index (κ2) is 5.82. The summed E-state index contributed by atoms with van der Waals surface area (Å²) in [4.78, 5) is 12.1. The first-order chi connectivity index (χ1) is 7.97. The SMILES string of the molecule is Cc1cccc(C)c1C(=O)N[C@H](C)[C@@H](C)CO. The number of amides is 1. The average Bonchev–Trinajstić information content (AvgIpc) is 2.27. The number of aryl methyl sites for hydroxylation is 2. The summed E-state index contributed by atoms with van der Waals surface area (Å²) < 4.78 is 0. The van der Waals surface area contributed by atoms with Crippen LogP contribution in [-0.2, 0) is 0 Å². The molecule has 1 rings (SSSR count). The van der Waals surface area contributed by atoms with Gasteiger partial charge in [0.25, 0.3) is 5.91 Å². The predicted octanol–water partition coefficient (Wildman–Crippen LogP) is 2.05. The van der Waals surface area contributed by atoms with Gasteiger partial charge in [-0.15, -0.1) is 0 Å². The van der Waals surface area contributed by atoms with E-state index in [9.17, 15) is 4.79 Å². The van der Waals surface area contributed by atoms with Crippen LogP contribution in [0.2, 0.25) is 0 Å². The van der Waals surface area contributed by atoms with Crippen LogP contribution < -0.4 is 5.32 Å². The van der Waals surface area contributed by atoms with Crippen molar-refractivity contribution in [3.63, 3.8) is 0 Å². The number of aliphatic hydroxyl groups is 1. The smallest absolute Gasteiger partial charge is 0.252 e. The number of hydrogen-bond donors (Lipinski definition) is 2. The molecule has 0 radical (unpaired) electrons. The number of hydrogen-bond acceptors (Lipinski definition) is 2. The fourth-order valence-electron chi connectivity index (χ4n) is 1.75. The minimum Gasteiger partial charge on any atom is -0.396 e. The van der Waals surface area contributed by atoms with Gasteiger partial charge in [-0.2, -0.15) is 0 Å². The summed E-state index contributed by atoms with van der Waals surface area (Å²) in [7, 11) is 0. The molecule has 94 valence electrons. The normalized spacial score (nSPS) is 14.2. The maximum atomic E-state index is 12.1. The number of rotatable bonds is 4. The van der Waals surface area contributed by atoms with E-state index in [0.717, 1.165) is 16.7 Å². The van der Waals surface area contributed by atoms with Crippen LogP contribution in [0.1, 0.15) is 35.3 Å². The molecular weight excluding hydrogens is 214 g/mol. The molecule has 0 heterocycles. The number of carbonyl (C=O) groups is 1. The van der Waals surface area contributed by atoms with E-state index in [0.29, 0.717) is 0 Å². The molecule has 2 N–H and O–H groups in total. The summed E-state index contributed by atoms with van der Waals surface area (Å²) in [5, 5.41) is 12.0. The highest BCUT2D eigenvalue weighted by Gasteiger charge is 2.17. The summed E-state index contributed by atoms with van der Waals surface area (Å²) in [6, 6.07) is 5.78. The van der Waals surface area contributed by atoms with Crippen molar-refractivity contribution >= 4 is 5.91 Å². The van der Waals surface area contributed by atoms with Gasteiger partial charge in [0.1, 0.15) is 0 Å². The molecule has 0 saturated heterocycles. The molecule has 2 atom stereocenters. The Morgan fingerprint density at radius 3 is 2.29 bits per heavy atom. The molecular formula is C14H21NO2. The molecule has 17 heavy (non-hydrogen) atoms. The van der Waals surface area contributed by atoms with Crippen LogP contribution in [0.3, 0.4) is 0 Å². The zero-order valence-electron chi connectivity index (χ0n) is 10.9. The predicted molar refractivity (Wildman–Crippen MR) is 69.1 cm³/mol. The van der Waals surface area contributed by atoms with E-state index in [4.69, 9.17) is 5.11 Å². The van der Waals surface area contributed by atoms with Crippen LogP contribution >= 0.6 is 0 Å². The van der Waals surface area contributed by atoms with Gasteiger partial charge in [0.05, 0.1) is 0 Å². The van der Waals surface area contributed by atoms with Crippen molar-refractivity contribution < 1.29 is 9.90 Å². The van der Waals surface area contributed by atoms with Gasteiger partial charge in [-0.1, -0.05) is 25.1 Å². The monoisotopic (exact) mass is 235 g/mol. The second-order valence-electron chi connectivity index (χ2n) is 4.69. The molecule has 0 bridgehead atoms. The van der Waals surface area contributed by atoms with Gasteiger partial charge in [0, 0.05) is 18.2 Å². The highest BCUT2D eigenvalue weighted by Crippen LogP contribution is 2.14. The van der Waals surface area contributed by atoms with Crippen molar-refractivity contribution in [1.29, 1.82) is 0 Å². The lowest BCUT2D eigenvalue weighted by molar-refractivity contribution is 0.0915.